The summed E-state index contributed by atoms with van der Waals surface area (Å²) in [5.74, 6) is 0. The molecule has 0 aliphatic carbocycles. The SMILES string of the molecule is S=C(Nc1ccc(Cl)cc1)N(CCCn1ccnc1)Cc1cccnc1. The third-order valence-corrected chi connectivity index (χ3v) is 4.49. The van der Waals surface area contributed by atoms with E-state index in [-0.39, 0.29) is 0 Å². The number of hydrogen-bond donors (Lipinski definition) is 1. The fourth-order valence-electron chi connectivity index (χ4n) is 2.56. The van der Waals surface area contributed by atoms with Gasteiger partial charge in [0, 0.05) is 55.1 Å². The second kappa shape index (κ2) is 9.31. The van der Waals surface area contributed by atoms with Crippen molar-refractivity contribution in [2.75, 3.05) is 11.9 Å². The summed E-state index contributed by atoms with van der Waals surface area (Å²) < 4.78 is 2.07. The Hall–Kier alpha value is -2.44. The summed E-state index contributed by atoms with van der Waals surface area (Å²) in [6.07, 6.45) is 10.2. The Morgan fingerprint density at radius 1 is 1.15 bits per heavy atom. The Bertz CT molecular complexity index is 806. The summed E-state index contributed by atoms with van der Waals surface area (Å²) in [5, 5.41) is 4.68. The van der Waals surface area contributed by atoms with Gasteiger partial charge in [0.2, 0.25) is 0 Å². The smallest absolute Gasteiger partial charge is 0.173 e. The van der Waals surface area contributed by atoms with Gasteiger partial charge in [-0.05, 0) is 54.5 Å². The van der Waals surface area contributed by atoms with Gasteiger partial charge in [-0.25, -0.2) is 4.98 Å². The number of halogens is 1. The number of nitrogens with one attached hydrogen (secondary N) is 1. The Kier molecular flexibility index (Phi) is 6.57. The molecule has 26 heavy (non-hydrogen) atoms. The summed E-state index contributed by atoms with van der Waals surface area (Å²) in [4.78, 5) is 10.4. The molecule has 0 bridgehead atoms. The average molecular weight is 386 g/mol. The van der Waals surface area contributed by atoms with Crippen LogP contribution in [0.25, 0.3) is 0 Å². The molecule has 0 spiro atoms. The first kappa shape index (κ1) is 18.4. The minimum Gasteiger partial charge on any atom is -0.345 e. The van der Waals surface area contributed by atoms with E-state index >= 15 is 0 Å². The molecule has 2 heterocycles. The molecular formula is C19H20ClN5S. The van der Waals surface area contributed by atoms with Crippen molar-refractivity contribution in [2.24, 2.45) is 0 Å². The molecule has 0 saturated heterocycles. The largest absolute Gasteiger partial charge is 0.345 e. The van der Waals surface area contributed by atoms with Crippen molar-refractivity contribution in [1.82, 2.24) is 19.4 Å². The van der Waals surface area contributed by atoms with Crippen LogP contribution in [0.15, 0.2) is 67.5 Å². The predicted molar refractivity (Wildman–Crippen MR) is 109 cm³/mol. The van der Waals surface area contributed by atoms with Crippen molar-refractivity contribution in [1.29, 1.82) is 0 Å². The zero-order valence-corrected chi connectivity index (χ0v) is 15.8. The van der Waals surface area contributed by atoms with Crippen LogP contribution in [0, 0.1) is 0 Å². The van der Waals surface area contributed by atoms with Crippen molar-refractivity contribution in [3.63, 3.8) is 0 Å². The summed E-state index contributed by atoms with van der Waals surface area (Å²) in [7, 11) is 0. The van der Waals surface area contributed by atoms with Gasteiger partial charge >= 0.3 is 0 Å². The monoisotopic (exact) mass is 385 g/mol. The van der Waals surface area contributed by atoms with E-state index in [1.54, 1.807) is 12.4 Å². The molecule has 3 aromatic rings. The van der Waals surface area contributed by atoms with Gasteiger partial charge in [0.25, 0.3) is 0 Å². The van der Waals surface area contributed by atoms with Crippen molar-refractivity contribution >= 4 is 34.6 Å². The van der Waals surface area contributed by atoms with Crippen LogP contribution in [0.4, 0.5) is 5.69 Å². The lowest BCUT2D eigenvalue weighted by Crippen LogP contribution is -2.35. The van der Waals surface area contributed by atoms with Crippen LogP contribution < -0.4 is 5.32 Å². The molecule has 0 radical (unpaired) electrons. The zero-order chi connectivity index (χ0) is 18.2. The Balaban J connectivity index is 1.64. The molecule has 1 aromatic carbocycles. The van der Waals surface area contributed by atoms with E-state index < -0.39 is 0 Å². The fraction of sp³-hybridized carbons (Fsp3) is 0.211. The maximum Gasteiger partial charge on any atom is 0.173 e. The van der Waals surface area contributed by atoms with Crippen molar-refractivity contribution in [2.45, 2.75) is 19.5 Å². The number of thiocarbonyl (C=S) groups is 1. The number of aromatic nitrogens is 3. The Labute approximate surface area is 163 Å². The second-order valence-electron chi connectivity index (χ2n) is 5.87. The standard InChI is InChI=1S/C19H20ClN5S/c20-17-4-6-18(7-5-17)23-19(26)25(14-16-3-1-8-21-13-16)11-2-10-24-12-9-22-15-24/h1,3-9,12-13,15H,2,10-11,14H2,(H,23,26). The van der Waals surface area contributed by atoms with Gasteiger partial charge in [0.15, 0.2) is 5.11 Å². The molecule has 3 rings (SSSR count). The summed E-state index contributed by atoms with van der Waals surface area (Å²) in [6.45, 7) is 2.43. The van der Waals surface area contributed by atoms with Gasteiger partial charge < -0.3 is 14.8 Å². The van der Waals surface area contributed by atoms with Crippen LogP contribution in [0.5, 0.6) is 0 Å². The lowest BCUT2D eigenvalue weighted by molar-refractivity contribution is 0.395. The van der Waals surface area contributed by atoms with Crippen LogP contribution in [0.2, 0.25) is 5.02 Å². The number of nitrogens with zero attached hydrogens (tertiary/aromatic N) is 4. The van der Waals surface area contributed by atoms with E-state index in [0.717, 1.165) is 30.8 Å². The first-order valence-corrected chi connectivity index (χ1v) is 9.15. The van der Waals surface area contributed by atoms with Crippen molar-refractivity contribution in [3.8, 4) is 0 Å². The molecule has 5 nitrogen and oxygen atoms in total. The number of anilines is 1. The van der Waals surface area contributed by atoms with Crippen molar-refractivity contribution in [3.05, 3.63) is 78.1 Å². The molecular weight excluding hydrogens is 366 g/mol. The van der Waals surface area contributed by atoms with E-state index in [1.165, 1.54) is 0 Å². The molecule has 0 fully saturated rings. The van der Waals surface area contributed by atoms with Gasteiger partial charge in [-0.2, -0.15) is 0 Å². The van der Waals surface area contributed by atoms with E-state index in [1.807, 2.05) is 49.1 Å². The first-order valence-electron chi connectivity index (χ1n) is 8.37. The fourth-order valence-corrected chi connectivity index (χ4v) is 2.96. The maximum atomic E-state index is 5.95. The van der Waals surface area contributed by atoms with E-state index in [9.17, 15) is 0 Å². The molecule has 0 amide bonds. The minimum atomic E-state index is 0.682. The number of benzene rings is 1. The number of rotatable bonds is 7. The molecule has 0 aliphatic rings. The Morgan fingerprint density at radius 3 is 2.69 bits per heavy atom. The summed E-state index contributed by atoms with van der Waals surface area (Å²) in [5.41, 5.74) is 2.04. The number of hydrogen-bond acceptors (Lipinski definition) is 3. The van der Waals surface area contributed by atoms with Gasteiger partial charge in [-0.15, -0.1) is 0 Å². The highest BCUT2D eigenvalue weighted by atomic mass is 35.5. The third-order valence-electron chi connectivity index (χ3n) is 3.88. The number of pyridine rings is 1. The summed E-state index contributed by atoms with van der Waals surface area (Å²) in [6, 6.07) is 11.5. The normalized spacial score (nSPS) is 10.5. The summed E-state index contributed by atoms with van der Waals surface area (Å²) >= 11 is 11.6. The highest BCUT2D eigenvalue weighted by Gasteiger charge is 2.11. The van der Waals surface area contributed by atoms with Crippen molar-refractivity contribution < 1.29 is 0 Å². The molecule has 0 unspecified atom stereocenters. The van der Waals surface area contributed by atoms with E-state index in [2.05, 4.69) is 30.8 Å². The molecule has 1 N–H and O–H groups in total. The van der Waals surface area contributed by atoms with E-state index in [4.69, 9.17) is 23.8 Å². The first-order chi connectivity index (χ1) is 12.7. The minimum absolute atomic E-state index is 0.682. The van der Waals surface area contributed by atoms with Gasteiger partial charge in [0.05, 0.1) is 6.33 Å². The van der Waals surface area contributed by atoms with Crippen LogP contribution in [0.3, 0.4) is 0 Å². The van der Waals surface area contributed by atoms with Crippen LogP contribution in [-0.4, -0.2) is 31.1 Å². The molecule has 0 saturated carbocycles. The van der Waals surface area contributed by atoms with Gasteiger partial charge in [-0.3, -0.25) is 4.98 Å². The van der Waals surface area contributed by atoms with Gasteiger partial charge in [-0.1, -0.05) is 17.7 Å². The van der Waals surface area contributed by atoms with Crippen LogP contribution in [-0.2, 0) is 13.1 Å². The van der Waals surface area contributed by atoms with E-state index in [0.29, 0.717) is 16.7 Å². The van der Waals surface area contributed by atoms with Gasteiger partial charge in [0.1, 0.15) is 0 Å². The quantitative estimate of drug-likeness (QED) is 0.617. The average Bonchev–Trinajstić information content (AvgIpc) is 3.17. The second-order valence-corrected chi connectivity index (χ2v) is 6.70. The predicted octanol–water partition coefficient (Wildman–Crippen LogP) is 4.22. The molecule has 0 atom stereocenters. The topological polar surface area (TPSA) is 46.0 Å². The molecule has 2 aromatic heterocycles. The molecule has 0 aliphatic heterocycles. The highest BCUT2D eigenvalue weighted by Crippen LogP contribution is 2.15. The van der Waals surface area contributed by atoms with Crippen LogP contribution >= 0.6 is 23.8 Å². The zero-order valence-electron chi connectivity index (χ0n) is 14.3. The number of imidazole rings is 1. The number of aryl methyl sites for hydroxylation is 1. The molecule has 134 valence electrons. The third kappa shape index (κ3) is 5.54. The lowest BCUT2D eigenvalue weighted by atomic mass is 10.2. The maximum absolute atomic E-state index is 5.95. The molecule has 7 heteroatoms. The van der Waals surface area contributed by atoms with Crippen LogP contribution in [0.1, 0.15) is 12.0 Å². The highest BCUT2D eigenvalue weighted by molar-refractivity contribution is 7.80. The lowest BCUT2D eigenvalue weighted by Gasteiger charge is -2.26. The Morgan fingerprint density at radius 2 is 2.00 bits per heavy atom.